The molecule has 6 aromatic rings. The van der Waals surface area contributed by atoms with Crippen LogP contribution in [0.25, 0.3) is 32.8 Å². The zero-order valence-corrected chi connectivity index (χ0v) is 30.5. The molecule has 3 aromatic carbocycles. The molecule has 0 saturated heterocycles. The van der Waals surface area contributed by atoms with Gasteiger partial charge >= 0.3 is 5.97 Å². The van der Waals surface area contributed by atoms with Crippen molar-refractivity contribution in [2.24, 2.45) is 14.1 Å². The molecule has 254 valence electrons. The van der Waals surface area contributed by atoms with E-state index in [1.165, 1.54) is 12.1 Å². The lowest BCUT2D eigenvalue weighted by molar-refractivity contribution is 0.0685. The van der Waals surface area contributed by atoms with Crippen LogP contribution in [0.3, 0.4) is 0 Å². The lowest BCUT2D eigenvalue weighted by atomic mass is 9.96. The highest BCUT2D eigenvalue weighted by atomic mass is 35.5. The number of thioether (sulfide) groups is 1. The van der Waals surface area contributed by atoms with Crippen molar-refractivity contribution in [3.63, 3.8) is 0 Å². The van der Waals surface area contributed by atoms with Crippen LogP contribution in [0.1, 0.15) is 64.5 Å². The van der Waals surface area contributed by atoms with Crippen LogP contribution in [0.2, 0.25) is 5.02 Å². The number of halogens is 1. The standard InChI is InChI=1S/C38H40ClN5O3S2/c1-23-34(32-13-5-4-8-16-44(32)40-23)35-31(39)15-14-30-29(37(38(45)46)42(2)36(30)35)12-9-17-47-33-20-27(18-24-10-6-7-11-28(24)33)49-22-26-19-25(21-48)41-43(26)3/h6-7,10-11,14-15,18-20,48H,4-5,8-9,12-13,16-17,21-22H2,1-3H3,(H,45,46). The molecule has 0 atom stereocenters. The Morgan fingerprint density at radius 1 is 1.04 bits per heavy atom. The van der Waals surface area contributed by atoms with E-state index in [1.807, 2.05) is 54.5 Å². The van der Waals surface area contributed by atoms with E-state index in [1.54, 1.807) is 11.8 Å². The van der Waals surface area contributed by atoms with Crippen LogP contribution < -0.4 is 4.74 Å². The fourth-order valence-corrected chi connectivity index (χ4v) is 8.70. The summed E-state index contributed by atoms with van der Waals surface area (Å²) >= 11 is 13.1. The largest absolute Gasteiger partial charge is 0.493 e. The van der Waals surface area contributed by atoms with Gasteiger partial charge in [-0.15, -0.1) is 11.8 Å². The minimum Gasteiger partial charge on any atom is -0.493 e. The Morgan fingerprint density at radius 3 is 2.67 bits per heavy atom. The number of hydrogen-bond donors (Lipinski definition) is 2. The van der Waals surface area contributed by atoms with Crippen molar-refractivity contribution in [3.8, 4) is 16.9 Å². The smallest absolute Gasteiger partial charge is 0.352 e. The summed E-state index contributed by atoms with van der Waals surface area (Å²) in [4.78, 5) is 13.9. The number of nitrogens with zero attached hydrogens (tertiary/aromatic N) is 5. The van der Waals surface area contributed by atoms with Gasteiger partial charge in [-0.2, -0.15) is 22.8 Å². The summed E-state index contributed by atoms with van der Waals surface area (Å²) in [5, 5.41) is 23.6. The molecule has 0 fully saturated rings. The molecule has 4 heterocycles. The highest BCUT2D eigenvalue weighted by molar-refractivity contribution is 7.98. The number of aromatic carboxylic acids is 1. The number of rotatable bonds is 11. The van der Waals surface area contributed by atoms with Gasteiger partial charge in [0, 0.05) is 70.3 Å². The van der Waals surface area contributed by atoms with Crippen LogP contribution >= 0.6 is 36.0 Å². The normalized spacial score (nSPS) is 13.2. The molecule has 0 radical (unpaired) electrons. The van der Waals surface area contributed by atoms with Gasteiger partial charge < -0.3 is 14.4 Å². The summed E-state index contributed by atoms with van der Waals surface area (Å²) in [5.41, 5.74) is 8.06. The molecule has 1 N–H and O–H groups in total. The van der Waals surface area contributed by atoms with E-state index in [0.29, 0.717) is 30.2 Å². The van der Waals surface area contributed by atoms with Crippen molar-refractivity contribution in [1.29, 1.82) is 0 Å². The second-order valence-corrected chi connectivity index (χ2v) is 14.5. The molecular weight excluding hydrogens is 674 g/mol. The van der Waals surface area contributed by atoms with E-state index in [9.17, 15) is 9.90 Å². The summed E-state index contributed by atoms with van der Waals surface area (Å²) in [6, 6.07) is 18.5. The summed E-state index contributed by atoms with van der Waals surface area (Å²) in [6.45, 7) is 3.36. The number of fused-ring (bicyclic) bond motifs is 3. The molecule has 49 heavy (non-hydrogen) atoms. The third-order valence-electron chi connectivity index (χ3n) is 9.58. The van der Waals surface area contributed by atoms with Crippen molar-refractivity contribution in [2.75, 3.05) is 6.61 Å². The van der Waals surface area contributed by atoms with Gasteiger partial charge in [-0.25, -0.2) is 4.79 Å². The lowest BCUT2D eigenvalue weighted by Crippen LogP contribution is -2.09. The van der Waals surface area contributed by atoms with Crippen molar-refractivity contribution >= 4 is 63.6 Å². The number of carbonyl (C=O) groups is 1. The third kappa shape index (κ3) is 6.46. The molecule has 8 nitrogen and oxygen atoms in total. The molecule has 1 aliphatic heterocycles. The molecule has 3 aromatic heterocycles. The number of carboxylic acids is 1. The van der Waals surface area contributed by atoms with Gasteiger partial charge in [-0.1, -0.05) is 48.4 Å². The highest BCUT2D eigenvalue weighted by Gasteiger charge is 2.28. The molecule has 0 spiro atoms. The van der Waals surface area contributed by atoms with Crippen LogP contribution in [0, 0.1) is 6.92 Å². The zero-order chi connectivity index (χ0) is 34.2. The summed E-state index contributed by atoms with van der Waals surface area (Å²) in [5.74, 6) is 1.26. The number of thiol groups is 1. The monoisotopic (exact) mass is 713 g/mol. The first-order valence-corrected chi connectivity index (χ1v) is 18.8. The topological polar surface area (TPSA) is 87.1 Å². The minimum absolute atomic E-state index is 0.287. The quantitative estimate of drug-likeness (QED) is 0.0792. The Morgan fingerprint density at radius 2 is 1.88 bits per heavy atom. The zero-order valence-electron chi connectivity index (χ0n) is 28.0. The number of aryl methyl sites for hydroxylation is 5. The molecular formula is C38H40ClN5O3S2. The molecule has 1 aliphatic rings. The maximum atomic E-state index is 12.8. The number of aromatic nitrogens is 5. The minimum atomic E-state index is -0.951. The van der Waals surface area contributed by atoms with Gasteiger partial charge in [0.15, 0.2) is 0 Å². The predicted molar refractivity (Wildman–Crippen MR) is 202 cm³/mol. The Kier molecular flexibility index (Phi) is 9.72. The van der Waals surface area contributed by atoms with Crippen LogP contribution in [-0.4, -0.2) is 41.8 Å². The summed E-state index contributed by atoms with van der Waals surface area (Å²) in [7, 11) is 3.80. The number of hydrogen-bond acceptors (Lipinski definition) is 6. The third-order valence-corrected chi connectivity index (χ3v) is 11.2. The number of carboxylic acid groups (broad SMARTS) is 1. The average molecular weight is 714 g/mol. The van der Waals surface area contributed by atoms with Crippen molar-refractivity contribution in [2.45, 2.75) is 68.4 Å². The van der Waals surface area contributed by atoms with Crippen LogP contribution in [0.5, 0.6) is 5.75 Å². The van der Waals surface area contributed by atoms with Gasteiger partial charge in [0.1, 0.15) is 11.4 Å². The number of benzene rings is 3. The average Bonchev–Trinajstić information content (AvgIpc) is 3.63. The van der Waals surface area contributed by atoms with Gasteiger partial charge in [0.25, 0.3) is 0 Å². The first kappa shape index (κ1) is 33.6. The fourth-order valence-electron chi connectivity index (χ4n) is 7.31. The summed E-state index contributed by atoms with van der Waals surface area (Å²) in [6.07, 6.45) is 5.49. The molecule has 0 amide bonds. The van der Waals surface area contributed by atoms with Gasteiger partial charge in [0.2, 0.25) is 0 Å². The maximum Gasteiger partial charge on any atom is 0.352 e. The van der Waals surface area contributed by atoms with E-state index in [0.717, 1.165) is 97.7 Å². The first-order valence-electron chi connectivity index (χ1n) is 16.8. The Hall–Kier alpha value is -3.86. The van der Waals surface area contributed by atoms with E-state index < -0.39 is 5.97 Å². The van der Waals surface area contributed by atoms with E-state index in [-0.39, 0.29) is 5.69 Å². The lowest BCUT2D eigenvalue weighted by Gasteiger charge is -2.12. The fraction of sp³-hybridized carbons (Fsp3) is 0.342. The maximum absolute atomic E-state index is 12.8. The molecule has 11 heteroatoms. The predicted octanol–water partition coefficient (Wildman–Crippen LogP) is 9.05. The van der Waals surface area contributed by atoms with Crippen LogP contribution in [0.15, 0.2) is 59.5 Å². The van der Waals surface area contributed by atoms with Gasteiger partial charge in [-0.3, -0.25) is 9.36 Å². The highest BCUT2D eigenvalue weighted by Crippen LogP contribution is 2.43. The molecule has 7 rings (SSSR count). The Labute approximate surface area is 300 Å². The Bertz CT molecular complexity index is 2200. The number of ether oxygens (including phenoxy) is 1. The van der Waals surface area contributed by atoms with Gasteiger partial charge in [0.05, 0.1) is 28.5 Å². The first-order chi connectivity index (χ1) is 23.7. The molecule has 0 aliphatic carbocycles. The van der Waals surface area contributed by atoms with Crippen molar-refractivity contribution in [1.82, 2.24) is 24.1 Å². The van der Waals surface area contributed by atoms with E-state index >= 15 is 0 Å². The molecule has 0 unspecified atom stereocenters. The van der Waals surface area contributed by atoms with E-state index in [2.05, 4.69) is 52.7 Å². The van der Waals surface area contributed by atoms with Crippen molar-refractivity contribution in [3.05, 3.63) is 93.7 Å². The Balaban J connectivity index is 1.16. The van der Waals surface area contributed by atoms with Gasteiger partial charge in [-0.05, 0) is 74.2 Å². The second-order valence-electron chi connectivity index (χ2n) is 12.7. The molecule has 0 bridgehead atoms. The van der Waals surface area contributed by atoms with Crippen LogP contribution in [-0.2, 0) is 45.0 Å². The SMILES string of the molecule is Cc1nn2c(c1-c1c(Cl)ccc3c(CCCOc4cc(SCc5cc(CS)nn5C)cc5ccccc45)c(C(=O)O)n(C)c13)CCCCC2. The van der Waals surface area contributed by atoms with Crippen molar-refractivity contribution < 1.29 is 14.6 Å². The van der Waals surface area contributed by atoms with Crippen LogP contribution in [0.4, 0.5) is 0 Å². The second kappa shape index (κ2) is 14.2. The molecule has 0 saturated carbocycles. The van der Waals surface area contributed by atoms with E-state index in [4.69, 9.17) is 21.4 Å². The summed E-state index contributed by atoms with van der Waals surface area (Å²) < 4.78 is 12.3.